The van der Waals surface area contributed by atoms with Crippen LogP contribution in [0.15, 0.2) is 30.6 Å². The number of benzene rings is 1. The molecule has 34 heavy (non-hydrogen) atoms. The third-order valence-corrected chi connectivity index (χ3v) is 6.68. The van der Waals surface area contributed by atoms with Gasteiger partial charge in [-0.15, -0.1) is 16.4 Å². The van der Waals surface area contributed by atoms with Gasteiger partial charge in [0.15, 0.2) is 5.11 Å². The second-order valence-corrected chi connectivity index (χ2v) is 9.07. The molecule has 1 aromatic carbocycles. The molecule has 2 heterocycles. The summed E-state index contributed by atoms with van der Waals surface area (Å²) in [6, 6.07) is 7.45. The van der Waals surface area contributed by atoms with Crippen molar-refractivity contribution in [3.63, 3.8) is 0 Å². The lowest BCUT2D eigenvalue weighted by Crippen LogP contribution is -2.30. The van der Waals surface area contributed by atoms with Crippen LogP contribution < -0.4 is 10.6 Å². The summed E-state index contributed by atoms with van der Waals surface area (Å²) < 4.78 is 6.59. The molecule has 3 rings (SSSR count). The topological polar surface area (TPSA) is 101 Å². The van der Waals surface area contributed by atoms with Crippen LogP contribution in [0.4, 0.5) is 10.9 Å². The summed E-state index contributed by atoms with van der Waals surface area (Å²) in [4.78, 5) is 31.8. The summed E-state index contributed by atoms with van der Waals surface area (Å²) >= 11 is 12.5. The third kappa shape index (κ3) is 5.91. The van der Waals surface area contributed by atoms with Gasteiger partial charge >= 0.3 is 5.97 Å². The second-order valence-electron chi connectivity index (χ2n) is 7.20. The minimum absolute atomic E-state index is 0.146. The Morgan fingerprint density at radius 3 is 2.50 bits per heavy atom. The maximum absolute atomic E-state index is 12.9. The Morgan fingerprint density at radius 1 is 1.21 bits per heavy atom. The van der Waals surface area contributed by atoms with E-state index in [1.54, 1.807) is 22.8 Å². The van der Waals surface area contributed by atoms with Crippen LogP contribution >= 0.6 is 35.2 Å². The van der Waals surface area contributed by atoms with Crippen molar-refractivity contribution in [2.24, 2.45) is 0 Å². The maximum Gasteiger partial charge on any atom is 0.341 e. The smallest absolute Gasteiger partial charge is 0.341 e. The van der Waals surface area contributed by atoms with Gasteiger partial charge in [0.2, 0.25) is 5.95 Å². The molecule has 1 amide bonds. The Balaban J connectivity index is 1.75. The van der Waals surface area contributed by atoms with Crippen LogP contribution in [-0.4, -0.2) is 56.9 Å². The predicted molar refractivity (Wildman–Crippen MR) is 138 cm³/mol. The Kier molecular flexibility index (Phi) is 8.59. The fraction of sp³-hybridized carbons (Fsp3) is 0.318. The average Bonchev–Trinajstić information content (AvgIpc) is 3.38. The number of nitrogens with one attached hydrogen (secondary N) is 2. The van der Waals surface area contributed by atoms with E-state index in [4.69, 9.17) is 28.6 Å². The highest BCUT2D eigenvalue weighted by Gasteiger charge is 2.27. The lowest BCUT2D eigenvalue weighted by atomic mass is 10.1. The van der Waals surface area contributed by atoms with E-state index in [1.165, 1.54) is 7.11 Å². The molecule has 0 spiro atoms. The highest BCUT2D eigenvalue weighted by atomic mass is 35.5. The molecule has 0 aliphatic rings. The predicted octanol–water partition coefficient (Wildman–Crippen LogP) is 4.43. The van der Waals surface area contributed by atoms with Gasteiger partial charge in [-0.25, -0.2) is 14.5 Å². The Hall–Kier alpha value is -3.02. The monoisotopic (exact) mass is 520 g/mol. The molecule has 0 fully saturated rings. The first-order valence-corrected chi connectivity index (χ1v) is 12.1. The summed E-state index contributed by atoms with van der Waals surface area (Å²) in [6.45, 7) is 7.17. The second kappa shape index (κ2) is 11.4. The van der Waals surface area contributed by atoms with E-state index in [0.29, 0.717) is 46.0 Å². The van der Waals surface area contributed by atoms with Crippen molar-refractivity contribution in [2.75, 3.05) is 30.8 Å². The Bertz CT molecular complexity index is 1190. The summed E-state index contributed by atoms with van der Waals surface area (Å²) in [5, 5.41) is 11.5. The number of halogens is 1. The van der Waals surface area contributed by atoms with Gasteiger partial charge in [0.05, 0.1) is 24.1 Å². The number of nitrogens with zero attached hydrogens (tertiary/aromatic N) is 4. The van der Waals surface area contributed by atoms with Crippen LogP contribution in [0.2, 0.25) is 5.02 Å². The molecule has 2 aromatic heterocycles. The van der Waals surface area contributed by atoms with Gasteiger partial charge in [-0.1, -0.05) is 23.7 Å². The highest BCUT2D eigenvalue weighted by molar-refractivity contribution is 7.80. The van der Waals surface area contributed by atoms with Crippen LogP contribution in [-0.2, 0) is 11.3 Å². The first-order chi connectivity index (χ1) is 16.3. The first kappa shape index (κ1) is 25.6. The lowest BCUT2D eigenvalue weighted by molar-refractivity contribution is 0.0601. The number of ether oxygens (including phenoxy) is 1. The number of carbonyl (C=O) groups excluding carboxylic acids is 2. The van der Waals surface area contributed by atoms with Crippen LogP contribution in [0.1, 0.15) is 45.0 Å². The van der Waals surface area contributed by atoms with Gasteiger partial charge in [-0.3, -0.25) is 10.1 Å². The van der Waals surface area contributed by atoms with Gasteiger partial charge in [0.1, 0.15) is 11.3 Å². The molecule has 0 saturated carbocycles. The highest BCUT2D eigenvalue weighted by Crippen LogP contribution is 2.34. The molecule has 0 bridgehead atoms. The molecule has 3 aromatic rings. The van der Waals surface area contributed by atoms with Crippen molar-refractivity contribution in [1.82, 2.24) is 19.7 Å². The van der Waals surface area contributed by atoms with Crippen LogP contribution in [0, 0.1) is 6.92 Å². The van der Waals surface area contributed by atoms with E-state index in [2.05, 4.69) is 20.7 Å². The summed E-state index contributed by atoms with van der Waals surface area (Å²) in [5.74, 6) is -0.408. The molecule has 2 N–H and O–H groups in total. The van der Waals surface area contributed by atoms with Gasteiger partial charge in [-0.2, -0.15) is 0 Å². The number of aromatic nitrogens is 3. The molecular formula is C22H25ClN6O3S2. The number of hydrogen-bond donors (Lipinski definition) is 2. The molecule has 180 valence electrons. The SMILES string of the molecule is CCN(CC)C(=O)c1sc(NC(=S)Nc2ncn(Cc3ccc(Cl)cc3)n2)c(C(=O)OC)c1C. The normalized spacial score (nSPS) is 10.6. The number of thiocarbonyl (C=S) groups is 1. The minimum atomic E-state index is -0.553. The molecule has 9 nitrogen and oxygen atoms in total. The van der Waals surface area contributed by atoms with Crippen molar-refractivity contribution in [3.8, 4) is 0 Å². The summed E-state index contributed by atoms with van der Waals surface area (Å²) in [6.07, 6.45) is 1.58. The zero-order chi connectivity index (χ0) is 24.8. The van der Waals surface area contributed by atoms with Crippen molar-refractivity contribution < 1.29 is 14.3 Å². The molecule has 0 aliphatic heterocycles. The van der Waals surface area contributed by atoms with Crippen LogP contribution in [0.5, 0.6) is 0 Å². The maximum atomic E-state index is 12.9. The van der Waals surface area contributed by atoms with E-state index in [1.807, 2.05) is 38.1 Å². The minimum Gasteiger partial charge on any atom is -0.465 e. The molecule has 0 unspecified atom stereocenters. The number of esters is 1. The fourth-order valence-electron chi connectivity index (χ4n) is 3.25. The Morgan fingerprint density at radius 2 is 1.88 bits per heavy atom. The zero-order valence-electron chi connectivity index (χ0n) is 19.2. The zero-order valence-corrected chi connectivity index (χ0v) is 21.6. The molecule has 0 saturated heterocycles. The lowest BCUT2D eigenvalue weighted by Gasteiger charge is -2.17. The van der Waals surface area contributed by atoms with E-state index >= 15 is 0 Å². The van der Waals surface area contributed by atoms with Gasteiger partial charge < -0.3 is 15.0 Å². The van der Waals surface area contributed by atoms with Gasteiger partial charge in [0, 0.05) is 18.1 Å². The fourth-order valence-corrected chi connectivity index (χ4v) is 4.80. The van der Waals surface area contributed by atoms with Crippen molar-refractivity contribution in [2.45, 2.75) is 27.3 Å². The quantitative estimate of drug-likeness (QED) is 0.332. The van der Waals surface area contributed by atoms with Crippen molar-refractivity contribution in [3.05, 3.63) is 57.2 Å². The van der Waals surface area contributed by atoms with E-state index in [9.17, 15) is 9.59 Å². The van der Waals surface area contributed by atoms with Crippen molar-refractivity contribution in [1.29, 1.82) is 0 Å². The molecule has 0 atom stereocenters. The standard InChI is InChI=1S/C22H25ClN6O3S2/c1-5-28(6-2)19(30)17-13(3)16(20(31)32-4)18(34-17)25-22(33)26-21-24-12-29(27-21)11-14-7-9-15(23)10-8-14/h7-10,12H,5-6,11H2,1-4H3,(H2,25,26,27,33). The van der Waals surface area contributed by atoms with Gasteiger partial charge in [0.25, 0.3) is 5.91 Å². The van der Waals surface area contributed by atoms with E-state index in [0.717, 1.165) is 16.9 Å². The largest absolute Gasteiger partial charge is 0.465 e. The number of hydrogen-bond acceptors (Lipinski definition) is 7. The number of amides is 1. The average molecular weight is 521 g/mol. The number of anilines is 2. The van der Waals surface area contributed by atoms with Gasteiger partial charge in [-0.05, 0) is 56.2 Å². The molecular weight excluding hydrogens is 496 g/mol. The number of rotatable bonds is 8. The number of methoxy groups -OCH3 is 1. The molecule has 12 heteroatoms. The summed E-state index contributed by atoms with van der Waals surface area (Å²) in [7, 11) is 1.29. The van der Waals surface area contributed by atoms with Crippen LogP contribution in [0.3, 0.4) is 0 Å². The molecule has 0 aliphatic carbocycles. The Labute approximate surface area is 212 Å². The van der Waals surface area contributed by atoms with E-state index in [-0.39, 0.29) is 16.6 Å². The number of carbonyl (C=O) groups is 2. The number of thiophene rings is 1. The summed E-state index contributed by atoms with van der Waals surface area (Å²) in [5.41, 5.74) is 1.83. The third-order valence-electron chi connectivity index (χ3n) is 5.03. The molecule has 0 radical (unpaired) electrons. The van der Waals surface area contributed by atoms with Crippen molar-refractivity contribution >= 4 is 63.1 Å². The van der Waals surface area contributed by atoms with Crippen LogP contribution in [0.25, 0.3) is 0 Å². The van der Waals surface area contributed by atoms with E-state index < -0.39 is 5.97 Å². The first-order valence-electron chi connectivity index (χ1n) is 10.5.